The standard InChI is InChI=1S/C17H22N6O2/c1-3-13(16-18-10-20-23(16)4-2)21-17(25)12-5-6-15-14(9-12)19-11-22(15)7-8-24/h5-6,9-11,13,24H,3-4,7-8H2,1-2H3,(H,21,25). The van der Waals surface area contributed by atoms with E-state index in [0.717, 1.165) is 23.3 Å². The van der Waals surface area contributed by atoms with Gasteiger partial charge in [-0.15, -0.1) is 0 Å². The van der Waals surface area contributed by atoms with Crippen LogP contribution in [0.3, 0.4) is 0 Å². The summed E-state index contributed by atoms with van der Waals surface area (Å²) in [5.74, 6) is 0.586. The lowest BCUT2D eigenvalue weighted by molar-refractivity contribution is 0.0933. The van der Waals surface area contributed by atoms with E-state index in [1.165, 1.54) is 6.33 Å². The first kappa shape index (κ1) is 17.1. The van der Waals surface area contributed by atoms with Gasteiger partial charge in [0, 0.05) is 18.7 Å². The third-order valence-electron chi connectivity index (χ3n) is 4.19. The number of aliphatic hydroxyl groups is 1. The van der Waals surface area contributed by atoms with Crippen LogP contribution in [0, 0.1) is 0 Å². The maximum absolute atomic E-state index is 12.6. The average molecular weight is 342 g/mol. The highest BCUT2D eigenvalue weighted by molar-refractivity contribution is 5.97. The Morgan fingerprint density at radius 2 is 2.16 bits per heavy atom. The van der Waals surface area contributed by atoms with E-state index in [2.05, 4.69) is 20.4 Å². The average Bonchev–Trinajstić information content (AvgIpc) is 3.26. The number of nitrogens with one attached hydrogen (secondary N) is 1. The molecule has 0 aliphatic heterocycles. The first-order chi connectivity index (χ1) is 12.2. The highest BCUT2D eigenvalue weighted by Crippen LogP contribution is 2.18. The van der Waals surface area contributed by atoms with Gasteiger partial charge in [0.2, 0.25) is 0 Å². The smallest absolute Gasteiger partial charge is 0.251 e. The molecule has 0 aliphatic rings. The topological polar surface area (TPSA) is 97.9 Å². The van der Waals surface area contributed by atoms with Crippen LogP contribution >= 0.6 is 0 Å². The van der Waals surface area contributed by atoms with E-state index in [-0.39, 0.29) is 18.6 Å². The zero-order valence-corrected chi connectivity index (χ0v) is 14.4. The third-order valence-corrected chi connectivity index (χ3v) is 4.19. The van der Waals surface area contributed by atoms with Gasteiger partial charge in [-0.25, -0.2) is 14.6 Å². The number of benzene rings is 1. The number of rotatable bonds is 7. The van der Waals surface area contributed by atoms with Crippen molar-refractivity contribution in [2.45, 2.75) is 39.4 Å². The van der Waals surface area contributed by atoms with E-state index in [1.54, 1.807) is 23.1 Å². The Kier molecular flexibility index (Phi) is 5.08. The summed E-state index contributed by atoms with van der Waals surface area (Å²) in [4.78, 5) is 21.2. The molecule has 8 heteroatoms. The minimum absolute atomic E-state index is 0.0456. The molecule has 3 rings (SSSR count). The van der Waals surface area contributed by atoms with Gasteiger partial charge in [0.05, 0.1) is 30.0 Å². The summed E-state index contributed by atoms with van der Waals surface area (Å²) in [6.45, 7) is 5.22. The summed E-state index contributed by atoms with van der Waals surface area (Å²) in [6, 6.07) is 5.18. The maximum Gasteiger partial charge on any atom is 0.251 e. The van der Waals surface area contributed by atoms with Crippen molar-refractivity contribution >= 4 is 16.9 Å². The molecule has 0 fully saturated rings. The number of aromatic nitrogens is 5. The zero-order chi connectivity index (χ0) is 17.8. The molecule has 1 atom stereocenters. The molecule has 132 valence electrons. The largest absolute Gasteiger partial charge is 0.395 e. The van der Waals surface area contributed by atoms with Crippen LogP contribution in [0.5, 0.6) is 0 Å². The molecular formula is C17H22N6O2. The summed E-state index contributed by atoms with van der Waals surface area (Å²) < 4.78 is 3.64. The molecule has 0 saturated carbocycles. The zero-order valence-electron chi connectivity index (χ0n) is 14.4. The summed E-state index contributed by atoms with van der Waals surface area (Å²) in [5, 5.41) is 16.3. The van der Waals surface area contributed by atoms with Crippen molar-refractivity contribution in [1.29, 1.82) is 0 Å². The van der Waals surface area contributed by atoms with E-state index in [0.29, 0.717) is 18.7 Å². The molecule has 0 aliphatic carbocycles. The fourth-order valence-corrected chi connectivity index (χ4v) is 2.87. The van der Waals surface area contributed by atoms with E-state index in [4.69, 9.17) is 5.11 Å². The molecule has 1 amide bonds. The van der Waals surface area contributed by atoms with Crippen molar-refractivity contribution in [2.24, 2.45) is 0 Å². The molecule has 8 nitrogen and oxygen atoms in total. The van der Waals surface area contributed by atoms with Gasteiger partial charge < -0.3 is 15.0 Å². The second-order valence-electron chi connectivity index (χ2n) is 5.73. The van der Waals surface area contributed by atoms with Crippen LogP contribution < -0.4 is 5.32 Å². The van der Waals surface area contributed by atoms with Crippen LogP contribution in [-0.2, 0) is 13.1 Å². The molecule has 0 bridgehead atoms. The number of imidazole rings is 1. The Labute approximate surface area is 145 Å². The number of amides is 1. The predicted octanol–water partition coefficient (Wildman–Crippen LogP) is 1.52. The number of aryl methyl sites for hydroxylation is 1. The molecule has 2 heterocycles. The van der Waals surface area contributed by atoms with Crippen LogP contribution in [0.25, 0.3) is 11.0 Å². The van der Waals surface area contributed by atoms with Gasteiger partial charge >= 0.3 is 0 Å². The van der Waals surface area contributed by atoms with Gasteiger partial charge in [-0.05, 0) is 31.5 Å². The van der Waals surface area contributed by atoms with Crippen LogP contribution in [0.2, 0.25) is 0 Å². The number of carbonyl (C=O) groups is 1. The summed E-state index contributed by atoms with van der Waals surface area (Å²) >= 11 is 0. The number of carbonyl (C=O) groups excluding carboxylic acids is 1. The van der Waals surface area contributed by atoms with Crippen LogP contribution in [0.4, 0.5) is 0 Å². The van der Waals surface area contributed by atoms with Crippen molar-refractivity contribution in [3.05, 3.63) is 42.2 Å². The fourth-order valence-electron chi connectivity index (χ4n) is 2.87. The van der Waals surface area contributed by atoms with Crippen molar-refractivity contribution in [3.8, 4) is 0 Å². The second kappa shape index (κ2) is 7.43. The molecule has 3 aromatic rings. The molecule has 1 unspecified atom stereocenters. The van der Waals surface area contributed by atoms with Crippen molar-refractivity contribution in [3.63, 3.8) is 0 Å². The fraction of sp³-hybridized carbons (Fsp3) is 0.412. The number of hydrogen-bond acceptors (Lipinski definition) is 5. The SMILES string of the molecule is CCC(NC(=O)c1ccc2c(c1)ncn2CCO)c1ncnn1CC. The van der Waals surface area contributed by atoms with Crippen molar-refractivity contribution in [1.82, 2.24) is 29.6 Å². The van der Waals surface area contributed by atoms with E-state index in [9.17, 15) is 4.79 Å². The third kappa shape index (κ3) is 3.39. The summed E-state index contributed by atoms with van der Waals surface area (Å²) in [5.41, 5.74) is 2.16. The van der Waals surface area contributed by atoms with Gasteiger partial charge in [0.25, 0.3) is 5.91 Å². The van der Waals surface area contributed by atoms with Crippen LogP contribution in [0.1, 0.15) is 42.5 Å². The first-order valence-corrected chi connectivity index (χ1v) is 8.42. The maximum atomic E-state index is 12.6. The van der Waals surface area contributed by atoms with Gasteiger partial charge in [0.15, 0.2) is 0 Å². The second-order valence-corrected chi connectivity index (χ2v) is 5.73. The predicted molar refractivity (Wildman–Crippen MR) is 93.0 cm³/mol. The molecular weight excluding hydrogens is 320 g/mol. The molecule has 0 spiro atoms. The van der Waals surface area contributed by atoms with Crippen LogP contribution in [-0.4, -0.2) is 41.9 Å². The van der Waals surface area contributed by atoms with Crippen LogP contribution in [0.15, 0.2) is 30.9 Å². The molecule has 0 saturated heterocycles. The highest BCUT2D eigenvalue weighted by atomic mass is 16.3. The molecule has 2 N–H and O–H groups in total. The van der Waals surface area contributed by atoms with Gasteiger partial charge in [-0.3, -0.25) is 4.79 Å². The number of nitrogens with zero attached hydrogens (tertiary/aromatic N) is 5. The molecule has 0 radical (unpaired) electrons. The minimum Gasteiger partial charge on any atom is -0.395 e. The highest BCUT2D eigenvalue weighted by Gasteiger charge is 2.19. The lowest BCUT2D eigenvalue weighted by atomic mass is 10.1. The van der Waals surface area contributed by atoms with Crippen molar-refractivity contribution in [2.75, 3.05) is 6.61 Å². The molecule has 2 aromatic heterocycles. The number of hydrogen-bond donors (Lipinski definition) is 2. The van der Waals surface area contributed by atoms with E-state index < -0.39 is 0 Å². The summed E-state index contributed by atoms with van der Waals surface area (Å²) in [6.07, 6.45) is 3.90. The Balaban J connectivity index is 1.81. The van der Waals surface area contributed by atoms with E-state index >= 15 is 0 Å². The number of fused-ring (bicyclic) bond motifs is 1. The Morgan fingerprint density at radius 1 is 1.32 bits per heavy atom. The van der Waals surface area contributed by atoms with Gasteiger partial charge in [-0.1, -0.05) is 6.92 Å². The van der Waals surface area contributed by atoms with Crippen molar-refractivity contribution < 1.29 is 9.90 Å². The minimum atomic E-state index is -0.197. The van der Waals surface area contributed by atoms with E-state index in [1.807, 2.05) is 24.5 Å². The lowest BCUT2D eigenvalue weighted by Crippen LogP contribution is -2.30. The monoisotopic (exact) mass is 342 g/mol. The summed E-state index contributed by atoms with van der Waals surface area (Å²) in [7, 11) is 0. The number of aliphatic hydroxyl groups excluding tert-OH is 1. The Morgan fingerprint density at radius 3 is 2.88 bits per heavy atom. The van der Waals surface area contributed by atoms with Gasteiger partial charge in [0.1, 0.15) is 12.2 Å². The molecule has 1 aromatic carbocycles. The Hall–Kier alpha value is -2.74. The normalized spacial score (nSPS) is 12.4. The first-order valence-electron chi connectivity index (χ1n) is 8.42. The quantitative estimate of drug-likeness (QED) is 0.678. The van der Waals surface area contributed by atoms with Gasteiger partial charge in [-0.2, -0.15) is 5.10 Å². The molecule has 25 heavy (non-hydrogen) atoms. The Bertz CT molecular complexity index is 869. The lowest BCUT2D eigenvalue weighted by Gasteiger charge is -2.17.